The summed E-state index contributed by atoms with van der Waals surface area (Å²) in [5, 5.41) is 0. The summed E-state index contributed by atoms with van der Waals surface area (Å²) >= 11 is 0. The van der Waals surface area contributed by atoms with Gasteiger partial charge in [0.15, 0.2) is 0 Å². The first-order valence-corrected chi connectivity index (χ1v) is 14.6. The summed E-state index contributed by atoms with van der Waals surface area (Å²) in [6.07, 6.45) is 22.1. The first-order valence-electron chi connectivity index (χ1n) is 14.6. The van der Waals surface area contributed by atoms with Crippen LogP contribution in [0.4, 0.5) is 0 Å². The SMILES string of the molecule is CCCCCCCCCCCCCCCCOC(=O)c1ccc(C(=O)OC(CC)CCCC)cc1. The average molecular weight is 489 g/mol. The minimum atomic E-state index is -0.325. The summed E-state index contributed by atoms with van der Waals surface area (Å²) in [4.78, 5) is 24.6. The van der Waals surface area contributed by atoms with Gasteiger partial charge in [-0.05, 0) is 43.5 Å². The molecule has 1 aromatic carbocycles. The van der Waals surface area contributed by atoms with Crippen LogP contribution in [0.5, 0.6) is 0 Å². The maximum atomic E-state index is 12.3. The van der Waals surface area contributed by atoms with Crippen molar-refractivity contribution in [2.45, 2.75) is 142 Å². The van der Waals surface area contributed by atoms with Crippen LogP contribution in [-0.4, -0.2) is 24.6 Å². The molecule has 200 valence electrons. The largest absolute Gasteiger partial charge is 0.462 e. The third-order valence-corrected chi connectivity index (χ3v) is 6.70. The van der Waals surface area contributed by atoms with Gasteiger partial charge in [-0.25, -0.2) is 9.59 Å². The van der Waals surface area contributed by atoms with E-state index in [1.54, 1.807) is 24.3 Å². The highest BCUT2D eigenvalue weighted by Crippen LogP contribution is 2.15. The molecule has 0 N–H and O–H groups in total. The summed E-state index contributed by atoms with van der Waals surface area (Å²) in [5.41, 5.74) is 0.952. The molecule has 1 atom stereocenters. The van der Waals surface area contributed by atoms with Gasteiger partial charge < -0.3 is 9.47 Å². The van der Waals surface area contributed by atoms with Crippen molar-refractivity contribution in [3.8, 4) is 0 Å². The summed E-state index contributed by atoms with van der Waals surface area (Å²) < 4.78 is 11.0. The Morgan fingerprint density at radius 2 is 1.03 bits per heavy atom. The Labute approximate surface area is 215 Å². The summed E-state index contributed by atoms with van der Waals surface area (Å²) in [6.45, 7) is 6.89. The Morgan fingerprint density at radius 3 is 1.49 bits per heavy atom. The van der Waals surface area contributed by atoms with Crippen molar-refractivity contribution in [1.29, 1.82) is 0 Å². The van der Waals surface area contributed by atoms with Crippen LogP contribution >= 0.6 is 0 Å². The van der Waals surface area contributed by atoms with Crippen molar-refractivity contribution >= 4 is 11.9 Å². The number of hydrogen-bond donors (Lipinski definition) is 0. The van der Waals surface area contributed by atoms with Crippen LogP contribution in [-0.2, 0) is 9.47 Å². The van der Waals surface area contributed by atoms with Crippen molar-refractivity contribution in [2.24, 2.45) is 0 Å². The van der Waals surface area contributed by atoms with Gasteiger partial charge in [0.25, 0.3) is 0 Å². The second-order valence-electron chi connectivity index (χ2n) is 9.89. The molecule has 4 heteroatoms. The normalized spacial score (nSPS) is 11.9. The molecule has 0 heterocycles. The van der Waals surface area contributed by atoms with Crippen LogP contribution < -0.4 is 0 Å². The third kappa shape index (κ3) is 15.7. The topological polar surface area (TPSA) is 52.6 Å². The number of ether oxygens (including phenoxy) is 2. The molecular formula is C31H52O4. The van der Waals surface area contributed by atoms with E-state index < -0.39 is 0 Å². The van der Waals surface area contributed by atoms with E-state index in [-0.39, 0.29) is 18.0 Å². The van der Waals surface area contributed by atoms with Gasteiger partial charge in [0.2, 0.25) is 0 Å². The Bertz CT molecular complexity index is 652. The summed E-state index contributed by atoms with van der Waals surface area (Å²) in [6, 6.07) is 6.60. The second-order valence-corrected chi connectivity index (χ2v) is 9.89. The zero-order valence-corrected chi connectivity index (χ0v) is 23.0. The quantitative estimate of drug-likeness (QED) is 0.120. The van der Waals surface area contributed by atoms with Crippen LogP contribution in [0.1, 0.15) is 157 Å². The van der Waals surface area contributed by atoms with Crippen molar-refractivity contribution in [2.75, 3.05) is 6.61 Å². The van der Waals surface area contributed by atoms with E-state index in [1.807, 2.05) is 6.92 Å². The molecule has 1 rings (SSSR count). The van der Waals surface area contributed by atoms with Gasteiger partial charge in [-0.3, -0.25) is 0 Å². The maximum Gasteiger partial charge on any atom is 0.338 e. The molecule has 1 unspecified atom stereocenters. The van der Waals surface area contributed by atoms with Gasteiger partial charge in [-0.15, -0.1) is 0 Å². The maximum absolute atomic E-state index is 12.3. The van der Waals surface area contributed by atoms with Crippen molar-refractivity contribution in [3.63, 3.8) is 0 Å². The highest BCUT2D eigenvalue weighted by Gasteiger charge is 2.15. The number of hydrogen-bond acceptors (Lipinski definition) is 4. The lowest BCUT2D eigenvalue weighted by atomic mass is 10.0. The van der Waals surface area contributed by atoms with Crippen LogP contribution in [0.2, 0.25) is 0 Å². The fraction of sp³-hybridized carbons (Fsp3) is 0.742. The molecule has 0 aliphatic rings. The second kappa shape index (κ2) is 21.4. The minimum absolute atomic E-state index is 0.0443. The average Bonchev–Trinajstić information content (AvgIpc) is 2.88. The Balaban J connectivity index is 2.08. The van der Waals surface area contributed by atoms with Crippen LogP contribution in [0.3, 0.4) is 0 Å². The number of unbranched alkanes of at least 4 members (excludes halogenated alkanes) is 14. The Hall–Kier alpha value is -1.84. The first-order chi connectivity index (χ1) is 17.1. The molecule has 0 amide bonds. The van der Waals surface area contributed by atoms with Crippen molar-refractivity contribution in [1.82, 2.24) is 0 Å². The van der Waals surface area contributed by atoms with Gasteiger partial charge in [-0.2, -0.15) is 0 Å². The molecule has 0 fully saturated rings. The molecule has 0 spiro atoms. The number of carbonyl (C=O) groups is 2. The molecule has 0 bridgehead atoms. The molecule has 0 radical (unpaired) electrons. The zero-order chi connectivity index (χ0) is 25.6. The van der Waals surface area contributed by atoms with E-state index >= 15 is 0 Å². The highest BCUT2D eigenvalue weighted by molar-refractivity contribution is 5.93. The molecule has 35 heavy (non-hydrogen) atoms. The van der Waals surface area contributed by atoms with Crippen LogP contribution in [0.15, 0.2) is 24.3 Å². The monoisotopic (exact) mass is 488 g/mol. The van der Waals surface area contributed by atoms with E-state index in [0.29, 0.717) is 17.7 Å². The fourth-order valence-corrected chi connectivity index (χ4v) is 4.28. The number of rotatable bonds is 22. The van der Waals surface area contributed by atoms with Gasteiger partial charge in [0.05, 0.1) is 17.7 Å². The third-order valence-electron chi connectivity index (χ3n) is 6.70. The molecular weight excluding hydrogens is 436 g/mol. The molecule has 0 aliphatic heterocycles. The van der Waals surface area contributed by atoms with Gasteiger partial charge in [0.1, 0.15) is 6.10 Å². The highest BCUT2D eigenvalue weighted by atomic mass is 16.5. The lowest BCUT2D eigenvalue weighted by Crippen LogP contribution is -2.17. The fourth-order valence-electron chi connectivity index (χ4n) is 4.28. The van der Waals surface area contributed by atoms with Crippen molar-refractivity contribution in [3.05, 3.63) is 35.4 Å². The van der Waals surface area contributed by atoms with Crippen LogP contribution in [0.25, 0.3) is 0 Å². The standard InChI is InChI=1S/C31H52O4/c1-4-7-9-10-11-12-13-14-15-16-17-18-19-20-26-34-30(32)27-22-24-28(25-23-27)31(33)35-29(6-3)21-8-5-2/h22-25,29H,4-21,26H2,1-3H3. The molecule has 1 aromatic rings. The van der Waals surface area contributed by atoms with Gasteiger partial charge in [-0.1, -0.05) is 117 Å². The van der Waals surface area contributed by atoms with E-state index in [9.17, 15) is 9.59 Å². The summed E-state index contributed by atoms with van der Waals surface area (Å²) in [7, 11) is 0. The predicted octanol–water partition coefficient (Wildman–Crippen LogP) is 9.45. The minimum Gasteiger partial charge on any atom is -0.462 e. The zero-order valence-electron chi connectivity index (χ0n) is 23.0. The van der Waals surface area contributed by atoms with Gasteiger partial charge in [0, 0.05) is 0 Å². The Kier molecular flexibility index (Phi) is 19.1. The van der Waals surface area contributed by atoms with E-state index in [0.717, 1.165) is 38.5 Å². The lowest BCUT2D eigenvalue weighted by Gasteiger charge is -2.15. The van der Waals surface area contributed by atoms with E-state index in [1.165, 1.54) is 77.0 Å². The lowest BCUT2D eigenvalue weighted by molar-refractivity contribution is 0.0267. The molecule has 0 saturated heterocycles. The molecule has 4 nitrogen and oxygen atoms in total. The number of carbonyl (C=O) groups excluding carboxylic acids is 2. The van der Waals surface area contributed by atoms with Crippen molar-refractivity contribution < 1.29 is 19.1 Å². The first kappa shape index (κ1) is 31.2. The van der Waals surface area contributed by atoms with Crippen LogP contribution in [0, 0.1) is 0 Å². The number of esters is 2. The Morgan fingerprint density at radius 1 is 0.600 bits per heavy atom. The smallest absolute Gasteiger partial charge is 0.338 e. The predicted molar refractivity (Wildman–Crippen MR) is 146 cm³/mol. The van der Waals surface area contributed by atoms with E-state index in [4.69, 9.17) is 9.47 Å². The molecule has 0 aromatic heterocycles. The number of benzene rings is 1. The van der Waals surface area contributed by atoms with Gasteiger partial charge >= 0.3 is 11.9 Å². The molecule has 0 saturated carbocycles. The summed E-state index contributed by atoms with van der Waals surface area (Å²) in [5.74, 6) is -0.649. The molecule has 0 aliphatic carbocycles. The van der Waals surface area contributed by atoms with E-state index in [2.05, 4.69) is 13.8 Å².